The molecule has 0 spiro atoms. The second kappa shape index (κ2) is 7.47. The maximum absolute atomic E-state index is 13.3. The van der Waals surface area contributed by atoms with E-state index in [9.17, 15) is 18.0 Å². The average molecular weight is 440 g/mol. The summed E-state index contributed by atoms with van der Waals surface area (Å²) in [5.41, 5.74) is 1.45. The molecule has 0 N–H and O–H groups in total. The highest BCUT2D eigenvalue weighted by Crippen LogP contribution is 2.36. The van der Waals surface area contributed by atoms with Gasteiger partial charge in [-0.1, -0.05) is 17.7 Å². The number of anilines is 1. The first-order valence-electron chi connectivity index (χ1n) is 10.0. The lowest BCUT2D eigenvalue weighted by atomic mass is 10.0. The summed E-state index contributed by atoms with van der Waals surface area (Å²) >= 11 is 6.25. The number of hydrogen-bond acceptors (Lipinski definition) is 4. The number of fused-ring (bicyclic) bond motifs is 1. The molecule has 0 aliphatic carbocycles. The van der Waals surface area contributed by atoms with Crippen LogP contribution in [0.2, 0.25) is 5.02 Å². The fraction of sp³-hybridized carbons (Fsp3) is 0.600. The van der Waals surface area contributed by atoms with Gasteiger partial charge in [0.1, 0.15) is 6.54 Å². The van der Waals surface area contributed by atoms with Crippen LogP contribution in [0, 0.1) is 6.92 Å². The van der Waals surface area contributed by atoms with Gasteiger partial charge in [0.2, 0.25) is 5.91 Å². The lowest BCUT2D eigenvalue weighted by Gasteiger charge is -2.35. The molecule has 3 saturated heterocycles. The minimum atomic E-state index is -3.29. The van der Waals surface area contributed by atoms with Crippen LogP contribution in [-0.2, 0) is 14.6 Å². The molecule has 0 saturated carbocycles. The zero-order chi connectivity index (χ0) is 20.9. The summed E-state index contributed by atoms with van der Waals surface area (Å²) in [4.78, 5) is 31.0. The van der Waals surface area contributed by atoms with Gasteiger partial charge in [-0.25, -0.2) is 13.2 Å². The molecule has 0 bridgehead atoms. The predicted molar refractivity (Wildman–Crippen MR) is 112 cm³/mol. The highest BCUT2D eigenvalue weighted by molar-refractivity contribution is 7.91. The largest absolute Gasteiger partial charge is 0.338 e. The Morgan fingerprint density at radius 2 is 1.93 bits per heavy atom. The second-order valence-electron chi connectivity index (χ2n) is 8.36. The molecule has 3 aliphatic heterocycles. The van der Waals surface area contributed by atoms with Crippen molar-refractivity contribution < 1.29 is 18.0 Å². The van der Waals surface area contributed by atoms with Crippen molar-refractivity contribution in [1.82, 2.24) is 9.80 Å². The molecule has 3 amide bonds. The zero-order valence-electron chi connectivity index (χ0n) is 16.7. The summed E-state index contributed by atoms with van der Waals surface area (Å²) in [5, 5.41) is 0.518. The van der Waals surface area contributed by atoms with Gasteiger partial charge in [-0.3, -0.25) is 9.69 Å². The lowest BCUT2D eigenvalue weighted by molar-refractivity contribution is -0.135. The van der Waals surface area contributed by atoms with Crippen LogP contribution in [-0.4, -0.2) is 72.9 Å². The van der Waals surface area contributed by atoms with Crippen molar-refractivity contribution in [3.8, 4) is 0 Å². The third kappa shape index (κ3) is 3.72. The van der Waals surface area contributed by atoms with Crippen LogP contribution >= 0.6 is 11.6 Å². The number of carbonyl (C=O) groups is 2. The normalized spacial score (nSPS) is 28.7. The third-order valence-corrected chi connectivity index (χ3v) is 8.45. The molecule has 4 rings (SSSR count). The molecule has 3 aliphatic rings. The van der Waals surface area contributed by atoms with Gasteiger partial charge in [0, 0.05) is 23.3 Å². The standard InChI is InChI=1S/C20H26ClN3O4S/c1-13-6-7-15(9-16(13)21)24-18-12-29(27,28)11-17(18)23(20(24)26)10-19(25)22-8-4-3-5-14(22)2/h6-7,9,14,17-18H,3-5,8,10-12H2,1-2H3/t14-,17+,18-/m0/s1. The highest BCUT2D eigenvalue weighted by Gasteiger charge is 2.54. The van der Waals surface area contributed by atoms with Crippen molar-refractivity contribution in [2.75, 3.05) is 29.5 Å². The molecule has 158 valence electrons. The van der Waals surface area contributed by atoms with Crippen molar-refractivity contribution >= 4 is 39.1 Å². The van der Waals surface area contributed by atoms with E-state index in [1.54, 1.807) is 12.1 Å². The number of halogens is 1. The van der Waals surface area contributed by atoms with E-state index in [-0.39, 0.29) is 36.0 Å². The van der Waals surface area contributed by atoms with Gasteiger partial charge in [0.05, 0.1) is 23.6 Å². The van der Waals surface area contributed by atoms with E-state index >= 15 is 0 Å². The van der Waals surface area contributed by atoms with Crippen LogP contribution in [0.4, 0.5) is 10.5 Å². The van der Waals surface area contributed by atoms with E-state index in [2.05, 4.69) is 0 Å². The maximum atomic E-state index is 13.3. The lowest BCUT2D eigenvalue weighted by Crippen LogP contribution is -2.49. The first-order chi connectivity index (χ1) is 13.7. The van der Waals surface area contributed by atoms with E-state index in [0.717, 1.165) is 24.8 Å². The van der Waals surface area contributed by atoms with Crippen LogP contribution in [0.15, 0.2) is 18.2 Å². The van der Waals surface area contributed by atoms with Gasteiger partial charge in [-0.15, -0.1) is 0 Å². The first kappa shape index (κ1) is 20.5. The first-order valence-corrected chi connectivity index (χ1v) is 12.2. The van der Waals surface area contributed by atoms with Crippen LogP contribution in [0.5, 0.6) is 0 Å². The Bertz CT molecular complexity index is 951. The van der Waals surface area contributed by atoms with Crippen molar-refractivity contribution in [3.63, 3.8) is 0 Å². The smallest absolute Gasteiger partial charge is 0.325 e. The average Bonchev–Trinajstić information content (AvgIpc) is 3.08. The molecule has 9 heteroatoms. The van der Waals surface area contributed by atoms with Gasteiger partial charge in [-0.05, 0) is 50.8 Å². The van der Waals surface area contributed by atoms with Crippen molar-refractivity contribution in [3.05, 3.63) is 28.8 Å². The molecular formula is C20H26ClN3O4S. The number of nitrogens with zero attached hydrogens (tertiary/aromatic N) is 3. The molecule has 3 fully saturated rings. The number of amides is 3. The number of carbonyl (C=O) groups excluding carboxylic acids is 2. The van der Waals surface area contributed by atoms with E-state index in [4.69, 9.17) is 11.6 Å². The van der Waals surface area contributed by atoms with E-state index < -0.39 is 21.9 Å². The van der Waals surface area contributed by atoms with Crippen LogP contribution in [0.1, 0.15) is 31.7 Å². The number of sulfone groups is 1. The van der Waals surface area contributed by atoms with Gasteiger partial charge in [-0.2, -0.15) is 0 Å². The Labute approximate surface area is 176 Å². The van der Waals surface area contributed by atoms with Crippen molar-refractivity contribution in [2.45, 2.75) is 51.2 Å². The van der Waals surface area contributed by atoms with Crippen LogP contribution in [0.3, 0.4) is 0 Å². The quantitative estimate of drug-likeness (QED) is 0.678. The Morgan fingerprint density at radius 3 is 2.62 bits per heavy atom. The predicted octanol–water partition coefficient (Wildman–Crippen LogP) is 2.46. The summed E-state index contributed by atoms with van der Waals surface area (Å²) in [6.45, 7) is 4.49. The molecule has 1 aromatic carbocycles. The number of aryl methyl sites for hydroxylation is 1. The SMILES string of the molecule is Cc1ccc(N2C(=O)N(CC(=O)N3CCCC[C@@H]3C)[C@@H]3CS(=O)(=O)C[C@@H]32)cc1Cl. The van der Waals surface area contributed by atoms with Crippen molar-refractivity contribution in [2.24, 2.45) is 0 Å². The number of likely N-dealkylation sites (tertiary alicyclic amines) is 1. The Kier molecular flexibility index (Phi) is 5.27. The molecule has 3 heterocycles. The summed E-state index contributed by atoms with van der Waals surface area (Å²) in [6.07, 6.45) is 3.01. The molecule has 29 heavy (non-hydrogen) atoms. The fourth-order valence-corrected chi connectivity index (χ4v) is 6.83. The maximum Gasteiger partial charge on any atom is 0.325 e. The Balaban J connectivity index is 1.63. The van der Waals surface area contributed by atoms with Gasteiger partial charge < -0.3 is 9.80 Å². The molecule has 3 atom stereocenters. The monoisotopic (exact) mass is 439 g/mol. The van der Waals surface area contributed by atoms with E-state index in [0.29, 0.717) is 17.3 Å². The number of urea groups is 1. The molecule has 0 unspecified atom stereocenters. The molecule has 0 aromatic heterocycles. The number of piperidine rings is 1. The fourth-order valence-electron chi connectivity index (χ4n) is 4.70. The van der Waals surface area contributed by atoms with Gasteiger partial charge in [0.25, 0.3) is 0 Å². The zero-order valence-corrected chi connectivity index (χ0v) is 18.2. The van der Waals surface area contributed by atoms with E-state index in [1.165, 1.54) is 9.80 Å². The summed E-state index contributed by atoms with van der Waals surface area (Å²) in [6, 6.07) is 4.08. The Hall–Kier alpha value is -1.80. The molecule has 1 aromatic rings. The summed E-state index contributed by atoms with van der Waals surface area (Å²) < 4.78 is 24.7. The van der Waals surface area contributed by atoms with Gasteiger partial charge >= 0.3 is 6.03 Å². The highest BCUT2D eigenvalue weighted by atomic mass is 35.5. The van der Waals surface area contributed by atoms with Crippen LogP contribution in [0.25, 0.3) is 0 Å². The minimum absolute atomic E-state index is 0.0873. The Morgan fingerprint density at radius 1 is 1.21 bits per heavy atom. The number of benzene rings is 1. The molecule has 7 nitrogen and oxygen atoms in total. The summed E-state index contributed by atoms with van der Waals surface area (Å²) in [7, 11) is -3.29. The van der Waals surface area contributed by atoms with Gasteiger partial charge in [0.15, 0.2) is 9.84 Å². The third-order valence-electron chi connectivity index (χ3n) is 6.34. The van der Waals surface area contributed by atoms with Crippen molar-refractivity contribution in [1.29, 1.82) is 0 Å². The number of rotatable bonds is 3. The summed E-state index contributed by atoms with van der Waals surface area (Å²) in [5.74, 6) is -0.320. The minimum Gasteiger partial charge on any atom is -0.338 e. The van der Waals surface area contributed by atoms with Crippen LogP contribution < -0.4 is 4.90 Å². The van der Waals surface area contributed by atoms with E-state index in [1.807, 2.05) is 24.8 Å². The second-order valence-corrected chi connectivity index (χ2v) is 10.9. The number of hydrogen-bond donors (Lipinski definition) is 0. The molecular weight excluding hydrogens is 414 g/mol. The topological polar surface area (TPSA) is 78.0 Å². The molecule has 0 radical (unpaired) electrons.